The van der Waals surface area contributed by atoms with Crippen LogP contribution in [0.2, 0.25) is 0 Å². The van der Waals surface area contributed by atoms with Gasteiger partial charge in [0.1, 0.15) is 0 Å². The van der Waals surface area contributed by atoms with Gasteiger partial charge < -0.3 is 4.98 Å². The lowest BCUT2D eigenvalue weighted by molar-refractivity contribution is 1.32. The van der Waals surface area contributed by atoms with Crippen LogP contribution in [0.5, 0.6) is 0 Å². The monoisotopic (exact) mass is 217 g/mol. The van der Waals surface area contributed by atoms with Crippen molar-refractivity contribution in [3.63, 3.8) is 0 Å². The summed E-state index contributed by atoms with van der Waals surface area (Å²) in [6, 6.07) is 14.0. The van der Waals surface area contributed by atoms with Crippen LogP contribution in [-0.4, -0.2) is 4.98 Å². The average molecular weight is 217 g/mol. The molecule has 0 aliphatic rings. The maximum absolute atomic E-state index is 5.08. The van der Waals surface area contributed by atoms with Crippen LogP contribution in [0, 0.1) is 4.51 Å². The number of H-pyrrole nitrogens is 1. The molecule has 0 aliphatic carbocycles. The minimum Gasteiger partial charge on any atom is -0.361 e. The molecule has 0 fully saturated rings. The molecule has 1 heterocycles. The van der Waals surface area contributed by atoms with Crippen molar-refractivity contribution in [1.82, 2.24) is 4.98 Å². The second kappa shape index (κ2) is 6.14. The highest BCUT2D eigenvalue weighted by Gasteiger charge is 1.93. The number of aromatic amines is 1. The predicted octanol–water partition coefficient (Wildman–Crippen LogP) is 4.44. The molecule has 0 aliphatic heterocycles. The molecule has 1 aromatic carbocycles. The van der Waals surface area contributed by atoms with Crippen LogP contribution in [0.15, 0.2) is 48.7 Å². The van der Waals surface area contributed by atoms with E-state index in [4.69, 9.17) is 12.2 Å². The summed E-state index contributed by atoms with van der Waals surface area (Å²) in [6.45, 7) is 4.00. The molecular weight excluding hydrogens is 202 g/mol. The van der Waals surface area contributed by atoms with Crippen LogP contribution in [0.4, 0.5) is 0 Å². The number of hydrogen-bond donors (Lipinski definition) is 1. The topological polar surface area (TPSA) is 15.8 Å². The van der Waals surface area contributed by atoms with Crippen LogP contribution in [0.25, 0.3) is 11.3 Å². The fourth-order valence-corrected chi connectivity index (χ4v) is 1.42. The highest BCUT2D eigenvalue weighted by atomic mass is 32.1. The smallest absolute Gasteiger partial charge is 0.0467 e. The Hall–Kier alpha value is -1.41. The minimum atomic E-state index is 0.859. The standard InChI is InChI=1S/C11H9NS.C2H6/c13-10-6-7-12-11(8-10)9-4-2-1-3-5-9;1-2/h1-8H,(H,12,13);1-2H3. The largest absolute Gasteiger partial charge is 0.361 e. The van der Waals surface area contributed by atoms with Gasteiger partial charge in [-0.1, -0.05) is 56.4 Å². The molecule has 2 aromatic rings. The lowest BCUT2D eigenvalue weighted by Gasteiger charge is -1.99. The molecule has 1 nitrogen and oxygen atoms in total. The van der Waals surface area contributed by atoms with Gasteiger partial charge in [-0.05, 0) is 17.7 Å². The Morgan fingerprint density at radius 2 is 1.67 bits per heavy atom. The van der Waals surface area contributed by atoms with Gasteiger partial charge in [0.25, 0.3) is 0 Å². The van der Waals surface area contributed by atoms with Crippen LogP contribution < -0.4 is 0 Å². The van der Waals surface area contributed by atoms with Crippen molar-refractivity contribution in [1.29, 1.82) is 0 Å². The average Bonchev–Trinajstić information content (AvgIpc) is 2.33. The van der Waals surface area contributed by atoms with Crippen LogP contribution in [-0.2, 0) is 0 Å². The number of rotatable bonds is 1. The zero-order valence-electron chi connectivity index (χ0n) is 9.03. The quantitative estimate of drug-likeness (QED) is 0.698. The number of hydrogen-bond acceptors (Lipinski definition) is 1. The predicted molar refractivity (Wildman–Crippen MR) is 68.4 cm³/mol. The molecule has 0 spiro atoms. The van der Waals surface area contributed by atoms with Crippen molar-refractivity contribution in [3.8, 4) is 11.3 Å². The second-order valence-corrected chi connectivity index (χ2v) is 3.28. The summed E-state index contributed by atoms with van der Waals surface area (Å²) in [4.78, 5) is 3.16. The highest BCUT2D eigenvalue weighted by molar-refractivity contribution is 7.71. The van der Waals surface area contributed by atoms with Gasteiger partial charge in [0.15, 0.2) is 0 Å². The molecule has 0 bridgehead atoms. The second-order valence-electron chi connectivity index (χ2n) is 2.80. The number of nitrogens with one attached hydrogen (secondary N) is 1. The summed E-state index contributed by atoms with van der Waals surface area (Å²) in [6.07, 6.45) is 1.87. The number of pyridine rings is 1. The van der Waals surface area contributed by atoms with Crippen molar-refractivity contribution in [2.75, 3.05) is 0 Å². The van der Waals surface area contributed by atoms with Crippen LogP contribution >= 0.6 is 12.2 Å². The summed E-state index contributed by atoms with van der Waals surface area (Å²) >= 11 is 5.08. The zero-order chi connectivity index (χ0) is 11.1. The van der Waals surface area contributed by atoms with Crippen molar-refractivity contribution >= 4 is 12.2 Å². The van der Waals surface area contributed by atoms with Crippen molar-refractivity contribution in [2.24, 2.45) is 0 Å². The van der Waals surface area contributed by atoms with E-state index in [0.717, 1.165) is 15.8 Å². The molecule has 0 amide bonds. The Bertz CT molecular complexity index is 445. The Balaban J connectivity index is 0.000000531. The summed E-state index contributed by atoms with van der Waals surface area (Å²) in [5.41, 5.74) is 2.22. The lowest BCUT2D eigenvalue weighted by Crippen LogP contribution is -1.80. The molecular formula is C13H15NS. The molecule has 1 aromatic heterocycles. The van der Waals surface area contributed by atoms with Crippen molar-refractivity contribution in [2.45, 2.75) is 13.8 Å². The van der Waals surface area contributed by atoms with E-state index in [1.807, 2.05) is 50.4 Å². The van der Waals surface area contributed by atoms with E-state index in [-0.39, 0.29) is 0 Å². The zero-order valence-corrected chi connectivity index (χ0v) is 9.84. The fraction of sp³-hybridized carbons (Fsp3) is 0.154. The van der Waals surface area contributed by atoms with Gasteiger partial charge in [-0.15, -0.1) is 0 Å². The molecule has 0 unspecified atom stereocenters. The first kappa shape index (κ1) is 11.7. The van der Waals surface area contributed by atoms with Crippen LogP contribution in [0.3, 0.4) is 0 Å². The first-order valence-corrected chi connectivity index (χ1v) is 5.51. The van der Waals surface area contributed by atoms with Gasteiger partial charge in [-0.25, -0.2) is 0 Å². The van der Waals surface area contributed by atoms with Gasteiger partial charge in [-0.2, -0.15) is 0 Å². The normalized spacial score (nSPS) is 8.93. The van der Waals surface area contributed by atoms with E-state index < -0.39 is 0 Å². The Labute approximate surface area is 95.8 Å². The molecule has 0 atom stereocenters. The summed E-state index contributed by atoms with van der Waals surface area (Å²) in [5.74, 6) is 0. The molecule has 0 radical (unpaired) electrons. The maximum atomic E-state index is 5.08. The van der Waals surface area contributed by atoms with Gasteiger partial charge >= 0.3 is 0 Å². The first-order valence-electron chi connectivity index (χ1n) is 5.10. The summed E-state index contributed by atoms with van der Waals surface area (Å²) in [5, 5.41) is 0. The SMILES string of the molecule is CC.S=c1cc[nH]c(-c2ccccc2)c1. The molecule has 0 saturated heterocycles. The summed E-state index contributed by atoms with van der Waals surface area (Å²) in [7, 11) is 0. The Kier molecular flexibility index (Phi) is 4.78. The van der Waals surface area contributed by atoms with E-state index in [0.29, 0.717) is 0 Å². The van der Waals surface area contributed by atoms with E-state index in [2.05, 4.69) is 17.1 Å². The van der Waals surface area contributed by atoms with Gasteiger partial charge in [-0.3, -0.25) is 0 Å². The number of aromatic nitrogens is 1. The Morgan fingerprint density at radius 1 is 1.00 bits per heavy atom. The van der Waals surface area contributed by atoms with E-state index in [1.54, 1.807) is 0 Å². The molecule has 1 N–H and O–H groups in total. The van der Waals surface area contributed by atoms with Gasteiger partial charge in [0, 0.05) is 16.4 Å². The minimum absolute atomic E-state index is 0.859. The first-order chi connectivity index (χ1) is 7.36. The summed E-state index contributed by atoms with van der Waals surface area (Å²) < 4.78 is 0.859. The van der Waals surface area contributed by atoms with Gasteiger partial charge in [0.05, 0.1) is 0 Å². The highest BCUT2D eigenvalue weighted by Crippen LogP contribution is 2.15. The van der Waals surface area contributed by atoms with E-state index in [1.165, 1.54) is 0 Å². The fourth-order valence-electron chi connectivity index (χ4n) is 1.23. The Morgan fingerprint density at radius 3 is 2.27 bits per heavy atom. The molecule has 78 valence electrons. The van der Waals surface area contributed by atoms with E-state index in [9.17, 15) is 0 Å². The molecule has 2 rings (SSSR count). The third kappa shape index (κ3) is 3.33. The number of benzene rings is 1. The van der Waals surface area contributed by atoms with E-state index >= 15 is 0 Å². The molecule has 15 heavy (non-hydrogen) atoms. The lowest BCUT2D eigenvalue weighted by atomic mass is 10.1. The van der Waals surface area contributed by atoms with Crippen molar-refractivity contribution < 1.29 is 0 Å². The third-order valence-electron chi connectivity index (χ3n) is 1.86. The third-order valence-corrected chi connectivity index (χ3v) is 2.11. The maximum Gasteiger partial charge on any atom is 0.0467 e. The molecule has 2 heteroatoms. The van der Waals surface area contributed by atoms with Crippen LogP contribution in [0.1, 0.15) is 13.8 Å². The van der Waals surface area contributed by atoms with Crippen molar-refractivity contribution in [3.05, 3.63) is 53.2 Å². The molecule has 0 saturated carbocycles. The van der Waals surface area contributed by atoms with Gasteiger partial charge in [0.2, 0.25) is 0 Å².